The molecule has 0 aromatic rings. The lowest BCUT2D eigenvalue weighted by Crippen LogP contribution is -2.31. The lowest BCUT2D eigenvalue weighted by atomic mass is 10.3. The second-order valence-electron chi connectivity index (χ2n) is 4.89. The van der Waals surface area contributed by atoms with Crippen LogP contribution in [0.2, 0.25) is 0 Å². The van der Waals surface area contributed by atoms with Gasteiger partial charge in [-0.2, -0.15) is 0 Å². The van der Waals surface area contributed by atoms with Gasteiger partial charge in [-0.15, -0.1) is 0 Å². The van der Waals surface area contributed by atoms with Gasteiger partial charge in [0.25, 0.3) is 0 Å². The minimum Gasteiger partial charge on any atom is -0.343 e. The van der Waals surface area contributed by atoms with Crippen LogP contribution in [-0.2, 0) is 19.2 Å². The van der Waals surface area contributed by atoms with Gasteiger partial charge in [0.1, 0.15) is 11.6 Å². The third-order valence-corrected chi connectivity index (χ3v) is 3.03. The molecule has 0 aromatic heterocycles. The first-order valence-corrected chi connectivity index (χ1v) is 7.77. The number of carbonyl (C=O) groups is 4. The van der Waals surface area contributed by atoms with Crippen molar-refractivity contribution in [3.8, 4) is 0 Å². The Morgan fingerprint density at radius 2 is 0.818 bits per heavy atom. The van der Waals surface area contributed by atoms with Crippen LogP contribution in [0.1, 0.15) is 54.4 Å². The zero-order chi connectivity index (χ0) is 17.7. The van der Waals surface area contributed by atoms with Crippen LogP contribution < -0.4 is 0 Å². The Labute approximate surface area is 133 Å². The van der Waals surface area contributed by atoms with Crippen LogP contribution in [0.5, 0.6) is 0 Å². The van der Waals surface area contributed by atoms with E-state index in [9.17, 15) is 19.2 Å². The van der Waals surface area contributed by atoms with Gasteiger partial charge in [-0.3, -0.25) is 19.2 Å². The van der Waals surface area contributed by atoms with E-state index in [1.165, 1.54) is 13.8 Å². The van der Waals surface area contributed by atoms with Gasteiger partial charge in [-0.05, 0) is 41.5 Å². The number of nitrogens with zero attached hydrogens (tertiary/aromatic N) is 2. The first-order chi connectivity index (χ1) is 10.2. The van der Waals surface area contributed by atoms with E-state index in [0.717, 1.165) is 0 Å². The fraction of sp³-hybridized carbons (Fsp3) is 0.750. The highest BCUT2D eigenvalue weighted by Crippen LogP contribution is 1.94. The molecule has 0 fully saturated rings. The summed E-state index contributed by atoms with van der Waals surface area (Å²) in [7, 11) is 0. The van der Waals surface area contributed by atoms with Gasteiger partial charge in [0.15, 0.2) is 0 Å². The molecular formula is C16H30N2O4. The fourth-order valence-electron chi connectivity index (χ4n) is 1.80. The second kappa shape index (κ2) is 13.0. The summed E-state index contributed by atoms with van der Waals surface area (Å²) >= 11 is 0. The Balaban J connectivity index is 0. The summed E-state index contributed by atoms with van der Waals surface area (Å²) in [5, 5.41) is 0. The van der Waals surface area contributed by atoms with Crippen molar-refractivity contribution in [2.24, 2.45) is 0 Å². The number of amides is 2. The number of ketones is 2. The molecule has 0 saturated carbocycles. The Kier molecular flexibility index (Phi) is 13.3. The molecule has 0 rings (SSSR count). The van der Waals surface area contributed by atoms with Crippen LogP contribution >= 0.6 is 0 Å². The smallest absolute Gasteiger partial charge is 0.229 e. The summed E-state index contributed by atoms with van der Waals surface area (Å²) in [6.45, 7) is 13.2. The van der Waals surface area contributed by atoms with Crippen molar-refractivity contribution in [2.75, 3.05) is 26.2 Å². The molecule has 0 saturated heterocycles. The molecule has 0 N–H and O–H groups in total. The number of hydrogen-bond acceptors (Lipinski definition) is 4. The van der Waals surface area contributed by atoms with Crippen LogP contribution in [0.3, 0.4) is 0 Å². The quantitative estimate of drug-likeness (QED) is 0.639. The topological polar surface area (TPSA) is 74.8 Å². The molecule has 22 heavy (non-hydrogen) atoms. The minimum atomic E-state index is -0.0677. The van der Waals surface area contributed by atoms with Crippen molar-refractivity contribution in [1.82, 2.24) is 9.80 Å². The largest absolute Gasteiger partial charge is 0.343 e. The maximum atomic E-state index is 11.1. The monoisotopic (exact) mass is 314 g/mol. The second-order valence-corrected chi connectivity index (χ2v) is 4.89. The standard InChI is InChI=1S/2C8H15NO2/c2*1-4-9(5-2)8(11)6-7(3)10/h2*4-6H2,1-3H3. The molecule has 0 radical (unpaired) electrons. The minimum absolute atomic E-state index is 0.0433. The van der Waals surface area contributed by atoms with Gasteiger partial charge in [0.2, 0.25) is 11.8 Å². The molecule has 0 aliphatic heterocycles. The Hall–Kier alpha value is -1.72. The zero-order valence-corrected chi connectivity index (χ0v) is 14.8. The van der Waals surface area contributed by atoms with Crippen LogP contribution in [0.4, 0.5) is 0 Å². The van der Waals surface area contributed by atoms with E-state index in [0.29, 0.717) is 26.2 Å². The summed E-state index contributed by atoms with van der Waals surface area (Å²) in [4.78, 5) is 46.6. The van der Waals surface area contributed by atoms with Gasteiger partial charge in [0.05, 0.1) is 12.8 Å². The van der Waals surface area contributed by atoms with E-state index < -0.39 is 0 Å². The SMILES string of the molecule is CCN(CC)C(=O)CC(C)=O.CCN(CC)C(=O)CC(C)=O. The molecule has 6 nitrogen and oxygen atoms in total. The van der Waals surface area contributed by atoms with Crippen molar-refractivity contribution < 1.29 is 19.2 Å². The normalized spacial score (nSPS) is 9.36. The van der Waals surface area contributed by atoms with Crippen molar-refractivity contribution >= 4 is 23.4 Å². The number of rotatable bonds is 8. The molecule has 0 bridgehead atoms. The highest BCUT2D eigenvalue weighted by Gasteiger charge is 2.11. The van der Waals surface area contributed by atoms with Crippen molar-refractivity contribution in [2.45, 2.75) is 54.4 Å². The predicted octanol–water partition coefficient (Wildman–Crippen LogP) is 1.67. The van der Waals surface area contributed by atoms with Gasteiger partial charge >= 0.3 is 0 Å². The molecule has 0 unspecified atom stereocenters. The lowest BCUT2D eigenvalue weighted by Gasteiger charge is -2.17. The summed E-state index contributed by atoms with van der Waals surface area (Å²) in [6.07, 6.45) is 0.0867. The lowest BCUT2D eigenvalue weighted by molar-refractivity contribution is -0.136. The van der Waals surface area contributed by atoms with E-state index in [4.69, 9.17) is 0 Å². The summed E-state index contributed by atoms with van der Waals surface area (Å²) in [5.74, 6) is -0.270. The average Bonchev–Trinajstić information content (AvgIpc) is 2.40. The van der Waals surface area contributed by atoms with E-state index in [-0.39, 0.29) is 36.2 Å². The van der Waals surface area contributed by atoms with Crippen LogP contribution in [0.15, 0.2) is 0 Å². The number of Topliss-reactive ketones (excluding diaryl/α,β-unsaturated/α-hetero) is 2. The molecule has 0 atom stereocenters. The summed E-state index contributed by atoms with van der Waals surface area (Å²) in [6, 6.07) is 0. The fourth-order valence-corrected chi connectivity index (χ4v) is 1.80. The Morgan fingerprint density at radius 1 is 0.591 bits per heavy atom. The van der Waals surface area contributed by atoms with Crippen LogP contribution in [-0.4, -0.2) is 59.4 Å². The average molecular weight is 314 g/mol. The first kappa shape index (κ1) is 22.6. The van der Waals surface area contributed by atoms with Crippen molar-refractivity contribution in [3.05, 3.63) is 0 Å². The predicted molar refractivity (Wildman–Crippen MR) is 86.5 cm³/mol. The van der Waals surface area contributed by atoms with E-state index >= 15 is 0 Å². The van der Waals surface area contributed by atoms with E-state index in [1.54, 1.807) is 9.80 Å². The molecular weight excluding hydrogens is 284 g/mol. The molecule has 0 heterocycles. The van der Waals surface area contributed by atoms with Crippen molar-refractivity contribution in [1.29, 1.82) is 0 Å². The zero-order valence-electron chi connectivity index (χ0n) is 14.8. The van der Waals surface area contributed by atoms with E-state index in [1.807, 2.05) is 27.7 Å². The van der Waals surface area contributed by atoms with Gasteiger partial charge in [-0.25, -0.2) is 0 Å². The Morgan fingerprint density at radius 3 is 0.955 bits per heavy atom. The molecule has 128 valence electrons. The van der Waals surface area contributed by atoms with Gasteiger partial charge < -0.3 is 9.80 Å². The van der Waals surface area contributed by atoms with Crippen LogP contribution in [0, 0.1) is 0 Å². The highest BCUT2D eigenvalue weighted by atomic mass is 16.2. The molecule has 0 spiro atoms. The van der Waals surface area contributed by atoms with Gasteiger partial charge in [-0.1, -0.05) is 0 Å². The van der Waals surface area contributed by atoms with E-state index in [2.05, 4.69) is 0 Å². The molecule has 6 heteroatoms. The number of hydrogen-bond donors (Lipinski definition) is 0. The first-order valence-electron chi connectivity index (χ1n) is 7.77. The molecule has 0 aliphatic carbocycles. The maximum Gasteiger partial charge on any atom is 0.229 e. The third-order valence-electron chi connectivity index (χ3n) is 3.03. The number of carbonyl (C=O) groups excluding carboxylic acids is 4. The highest BCUT2D eigenvalue weighted by molar-refractivity contribution is 5.97. The van der Waals surface area contributed by atoms with Crippen molar-refractivity contribution in [3.63, 3.8) is 0 Å². The third kappa shape index (κ3) is 11.0. The Bertz CT molecular complexity index is 336. The molecule has 2 amide bonds. The summed E-state index contributed by atoms with van der Waals surface area (Å²) < 4.78 is 0. The molecule has 0 aromatic carbocycles. The van der Waals surface area contributed by atoms with Gasteiger partial charge in [0, 0.05) is 26.2 Å². The van der Waals surface area contributed by atoms with Crippen LogP contribution in [0.25, 0.3) is 0 Å². The maximum absolute atomic E-state index is 11.1. The summed E-state index contributed by atoms with van der Waals surface area (Å²) in [5.41, 5.74) is 0. The molecule has 0 aliphatic rings.